The summed E-state index contributed by atoms with van der Waals surface area (Å²) in [5.74, 6) is 0.393. The quantitative estimate of drug-likeness (QED) is 0.318. The van der Waals surface area contributed by atoms with Crippen LogP contribution in [0.3, 0.4) is 0 Å². The number of anilines is 1. The number of H-pyrrole nitrogens is 1. The maximum atomic E-state index is 12.4. The van der Waals surface area contributed by atoms with E-state index in [1.54, 1.807) is 4.68 Å². The van der Waals surface area contributed by atoms with E-state index in [1.165, 1.54) is 0 Å². The van der Waals surface area contributed by atoms with Gasteiger partial charge in [-0.2, -0.15) is 0 Å². The van der Waals surface area contributed by atoms with E-state index in [0.717, 1.165) is 54.3 Å². The van der Waals surface area contributed by atoms with Crippen LogP contribution >= 0.6 is 12.4 Å². The predicted octanol–water partition coefficient (Wildman–Crippen LogP) is 3.54. The van der Waals surface area contributed by atoms with Gasteiger partial charge in [0.2, 0.25) is 0 Å². The number of nitrogen functional groups attached to an aromatic ring is 1. The lowest BCUT2D eigenvalue weighted by atomic mass is 10.1. The number of unbranched alkanes of at least 4 members (excludes halogenated alkanes) is 2. The van der Waals surface area contributed by atoms with Crippen LogP contribution in [0.2, 0.25) is 0 Å². The normalized spacial score (nSPS) is 10.8. The number of hydrogen-bond acceptors (Lipinski definition) is 5. The Bertz CT molecular complexity index is 1150. The Kier molecular flexibility index (Phi) is 8.21. The van der Waals surface area contributed by atoms with Crippen molar-refractivity contribution in [1.29, 1.82) is 0 Å². The third-order valence-corrected chi connectivity index (χ3v) is 5.24. The molecule has 4 aromatic rings. The van der Waals surface area contributed by atoms with E-state index in [-0.39, 0.29) is 18.3 Å². The number of carbonyl (C=O) groups excluding carboxylic acids is 1. The van der Waals surface area contributed by atoms with E-state index in [0.29, 0.717) is 24.6 Å². The average molecular weight is 454 g/mol. The zero-order valence-electron chi connectivity index (χ0n) is 17.8. The Morgan fingerprint density at radius 2 is 1.81 bits per heavy atom. The van der Waals surface area contributed by atoms with E-state index in [4.69, 9.17) is 5.73 Å². The summed E-state index contributed by atoms with van der Waals surface area (Å²) in [5, 5.41) is 13.5. The molecular weight excluding hydrogens is 426 g/mol. The van der Waals surface area contributed by atoms with Crippen molar-refractivity contribution in [3.8, 4) is 0 Å². The van der Waals surface area contributed by atoms with Crippen molar-refractivity contribution >= 4 is 35.0 Å². The lowest BCUT2D eigenvalue weighted by Crippen LogP contribution is -2.27. The third kappa shape index (κ3) is 6.31. The molecule has 32 heavy (non-hydrogen) atoms. The molecule has 0 spiro atoms. The highest BCUT2D eigenvalue weighted by atomic mass is 35.5. The number of nitrogens with one attached hydrogen (secondary N) is 2. The maximum Gasteiger partial charge on any atom is 0.251 e. The van der Waals surface area contributed by atoms with Crippen molar-refractivity contribution in [2.45, 2.75) is 38.6 Å². The molecule has 2 aromatic heterocycles. The van der Waals surface area contributed by atoms with Crippen molar-refractivity contribution in [1.82, 2.24) is 30.3 Å². The number of rotatable bonds is 10. The molecule has 4 rings (SSSR count). The van der Waals surface area contributed by atoms with Crippen LogP contribution in [0.1, 0.15) is 41.0 Å². The van der Waals surface area contributed by atoms with Crippen molar-refractivity contribution < 1.29 is 4.79 Å². The molecule has 0 bridgehead atoms. The second kappa shape index (κ2) is 11.3. The van der Waals surface area contributed by atoms with Crippen LogP contribution in [0.25, 0.3) is 10.8 Å². The Morgan fingerprint density at radius 3 is 2.59 bits per heavy atom. The van der Waals surface area contributed by atoms with Crippen LogP contribution in [0, 0.1) is 0 Å². The molecule has 9 heteroatoms. The summed E-state index contributed by atoms with van der Waals surface area (Å²) in [4.78, 5) is 19.5. The van der Waals surface area contributed by atoms with Crippen molar-refractivity contribution in [3.63, 3.8) is 0 Å². The van der Waals surface area contributed by atoms with Crippen LogP contribution in [-0.2, 0) is 19.4 Å². The molecule has 0 radical (unpaired) electrons. The molecule has 0 atom stereocenters. The van der Waals surface area contributed by atoms with E-state index >= 15 is 0 Å². The number of aromatic amines is 1. The Balaban J connectivity index is 0.00000289. The minimum Gasteiger partial charge on any atom is -0.369 e. The maximum absolute atomic E-state index is 12.4. The zero-order chi connectivity index (χ0) is 21.5. The van der Waals surface area contributed by atoms with E-state index < -0.39 is 0 Å². The highest BCUT2D eigenvalue weighted by Crippen LogP contribution is 2.15. The van der Waals surface area contributed by atoms with Gasteiger partial charge in [0.15, 0.2) is 5.95 Å². The first-order valence-electron chi connectivity index (χ1n) is 10.6. The van der Waals surface area contributed by atoms with E-state index in [2.05, 4.69) is 25.6 Å². The minimum atomic E-state index is -0.0789. The zero-order valence-corrected chi connectivity index (χ0v) is 18.6. The number of nitrogens with zero attached hydrogens (tertiary/aromatic N) is 4. The number of carbonyl (C=O) groups is 1. The van der Waals surface area contributed by atoms with Gasteiger partial charge in [-0.3, -0.25) is 9.48 Å². The second-order valence-electron chi connectivity index (χ2n) is 7.63. The summed E-state index contributed by atoms with van der Waals surface area (Å²) in [7, 11) is 0. The summed E-state index contributed by atoms with van der Waals surface area (Å²) in [6.07, 6.45) is 8.86. The fourth-order valence-corrected chi connectivity index (χ4v) is 3.57. The molecule has 0 unspecified atom stereocenters. The van der Waals surface area contributed by atoms with Gasteiger partial charge in [0.25, 0.3) is 5.91 Å². The van der Waals surface area contributed by atoms with Gasteiger partial charge in [-0.1, -0.05) is 42.0 Å². The molecule has 0 aliphatic rings. The van der Waals surface area contributed by atoms with Crippen LogP contribution < -0.4 is 11.1 Å². The molecule has 0 aliphatic carbocycles. The van der Waals surface area contributed by atoms with Gasteiger partial charge in [-0.25, -0.2) is 4.98 Å². The van der Waals surface area contributed by atoms with Crippen molar-refractivity contribution in [2.75, 3.05) is 12.3 Å². The first-order valence-corrected chi connectivity index (χ1v) is 10.6. The second-order valence-corrected chi connectivity index (χ2v) is 7.63. The summed E-state index contributed by atoms with van der Waals surface area (Å²) < 4.78 is 1.78. The summed E-state index contributed by atoms with van der Waals surface area (Å²) in [6, 6.07) is 13.8. The summed E-state index contributed by atoms with van der Waals surface area (Å²) in [5.41, 5.74) is 8.23. The molecule has 0 saturated heterocycles. The highest BCUT2D eigenvalue weighted by molar-refractivity contribution is 5.98. The number of aromatic nitrogens is 5. The predicted molar refractivity (Wildman–Crippen MR) is 128 cm³/mol. The summed E-state index contributed by atoms with van der Waals surface area (Å²) >= 11 is 0. The van der Waals surface area contributed by atoms with Crippen LogP contribution in [0.4, 0.5) is 5.95 Å². The topological polar surface area (TPSA) is 115 Å². The van der Waals surface area contributed by atoms with Gasteiger partial charge >= 0.3 is 0 Å². The minimum absolute atomic E-state index is 0. The number of nitrogens with two attached hydrogens (primary N) is 1. The highest BCUT2D eigenvalue weighted by Gasteiger charge is 2.07. The number of imidazole rings is 1. The molecule has 0 aliphatic heterocycles. The standard InChI is InChI=1S/C23H27N7O.ClH/c24-23-26-15-20(27-23)8-2-1-3-9-21-16-30(29-28-21)13-12-25-22(31)19-11-10-17-6-4-5-7-18(17)14-19;/h4-7,10-11,14-16H,1-3,8-9,12-13H2,(H,25,31)(H3,24,26,27);1H. The van der Waals surface area contributed by atoms with Gasteiger partial charge in [0.05, 0.1) is 17.9 Å². The number of aryl methyl sites for hydroxylation is 2. The van der Waals surface area contributed by atoms with Crippen LogP contribution in [0.5, 0.6) is 0 Å². The third-order valence-electron chi connectivity index (χ3n) is 5.24. The molecule has 4 N–H and O–H groups in total. The Morgan fingerprint density at radius 1 is 1.03 bits per heavy atom. The molecular formula is C23H28ClN7O. The monoisotopic (exact) mass is 453 g/mol. The molecule has 2 heterocycles. The lowest BCUT2D eigenvalue weighted by Gasteiger charge is -2.06. The fraction of sp³-hybridized carbons (Fsp3) is 0.304. The van der Waals surface area contributed by atoms with Gasteiger partial charge < -0.3 is 16.0 Å². The van der Waals surface area contributed by atoms with E-state index in [1.807, 2.05) is 54.9 Å². The molecule has 0 saturated carbocycles. The van der Waals surface area contributed by atoms with Gasteiger partial charge in [0.1, 0.15) is 0 Å². The first-order chi connectivity index (χ1) is 15.2. The molecule has 2 aromatic carbocycles. The van der Waals surface area contributed by atoms with Gasteiger partial charge in [0, 0.05) is 24.5 Å². The molecule has 1 amide bonds. The van der Waals surface area contributed by atoms with Gasteiger partial charge in [-0.15, -0.1) is 17.5 Å². The molecule has 0 fully saturated rings. The number of amides is 1. The van der Waals surface area contributed by atoms with E-state index in [9.17, 15) is 4.79 Å². The smallest absolute Gasteiger partial charge is 0.251 e. The molecule has 168 valence electrons. The average Bonchev–Trinajstić information content (AvgIpc) is 3.41. The molecule has 8 nitrogen and oxygen atoms in total. The SMILES string of the molecule is Cl.Nc1nc(CCCCCc2cn(CCNC(=O)c3ccc4ccccc4c3)nn2)c[nH]1. The number of halogens is 1. The number of hydrogen-bond donors (Lipinski definition) is 3. The van der Waals surface area contributed by atoms with Gasteiger partial charge in [-0.05, 0) is 48.6 Å². The fourth-order valence-electron chi connectivity index (χ4n) is 3.57. The summed E-state index contributed by atoms with van der Waals surface area (Å²) in [6.45, 7) is 1.09. The van der Waals surface area contributed by atoms with Crippen LogP contribution in [-0.4, -0.2) is 37.4 Å². The van der Waals surface area contributed by atoms with Crippen LogP contribution in [0.15, 0.2) is 54.9 Å². The van der Waals surface area contributed by atoms with Crippen molar-refractivity contribution in [2.24, 2.45) is 0 Å². The largest absolute Gasteiger partial charge is 0.369 e. The van der Waals surface area contributed by atoms with Crippen molar-refractivity contribution in [3.05, 3.63) is 71.8 Å². The number of benzene rings is 2. The lowest BCUT2D eigenvalue weighted by molar-refractivity contribution is 0.0952. The Hall–Kier alpha value is -3.39. The Labute approximate surface area is 193 Å². The number of fused-ring (bicyclic) bond motifs is 1. The first kappa shape index (κ1) is 23.3.